The number of oxazole rings is 1. The lowest BCUT2D eigenvalue weighted by Gasteiger charge is -2.30. The van der Waals surface area contributed by atoms with Crippen LogP contribution in [0.5, 0.6) is 0 Å². The van der Waals surface area contributed by atoms with Crippen molar-refractivity contribution < 1.29 is 12.8 Å². The SMILES string of the molecule is CC1CCCN(S(=O)(=O)c2ccc(-c3nc(C#N)c(N(C)Cc4ccccc4)o3)cc2)C1. The molecule has 4 rings (SSSR count). The van der Waals surface area contributed by atoms with E-state index < -0.39 is 10.0 Å². The molecule has 0 radical (unpaired) electrons. The summed E-state index contributed by atoms with van der Waals surface area (Å²) < 4.78 is 33.4. The average molecular weight is 451 g/mol. The number of aromatic nitrogens is 1. The summed E-state index contributed by atoms with van der Waals surface area (Å²) >= 11 is 0. The molecule has 1 unspecified atom stereocenters. The van der Waals surface area contributed by atoms with E-state index in [2.05, 4.69) is 18.0 Å². The number of hydrogen-bond acceptors (Lipinski definition) is 6. The Labute approximate surface area is 189 Å². The zero-order valence-corrected chi connectivity index (χ0v) is 19.0. The topological polar surface area (TPSA) is 90.4 Å². The summed E-state index contributed by atoms with van der Waals surface area (Å²) in [7, 11) is -1.69. The summed E-state index contributed by atoms with van der Waals surface area (Å²) in [5.41, 5.74) is 1.89. The van der Waals surface area contributed by atoms with Crippen LogP contribution in [0.25, 0.3) is 11.5 Å². The molecule has 7 nitrogen and oxygen atoms in total. The van der Waals surface area contributed by atoms with Crippen LogP contribution in [0.15, 0.2) is 63.9 Å². The minimum Gasteiger partial charge on any atom is -0.419 e. The summed E-state index contributed by atoms with van der Waals surface area (Å²) in [6.07, 6.45) is 1.93. The van der Waals surface area contributed by atoms with E-state index in [9.17, 15) is 13.7 Å². The first kappa shape index (κ1) is 22.1. The monoisotopic (exact) mass is 450 g/mol. The molecule has 0 N–H and O–H groups in total. The standard InChI is InChI=1S/C24H26N4O3S/c1-18-7-6-14-28(16-18)32(29,30)21-12-10-20(11-13-21)23-26-22(15-25)24(31-23)27(2)17-19-8-4-3-5-9-19/h3-5,8-13,18H,6-7,14,16-17H2,1-2H3. The molecule has 1 fully saturated rings. The smallest absolute Gasteiger partial charge is 0.243 e. The third kappa shape index (κ3) is 4.54. The minimum atomic E-state index is -3.53. The molecule has 3 aromatic rings. The summed E-state index contributed by atoms with van der Waals surface area (Å²) in [4.78, 5) is 6.41. The van der Waals surface area contributed by atoms with Crippen molar-refractivity contribution in [2.45, 2.75) is 31.2 Å². The lowest BCUT2D eigenvalue weighted by Crippen LogP contribution is -2.39. The Morgan fingerprint density at radius 1 is 1.19 bits per heavy atom. The maximum Gasteiger partial charge on any atom is 0.243 e. The molecule has 0 amide bonds. The van der Waals surface area contributed by atoms with Crippen LogP contribution in [0, 0.1) is 17.2 Å². The van der Waals surface area contributed by atoms with E-state index in [0.717, 1.165) is 18.4 Å². The number of hydrogen-bond donors (Lipinski definition) is 0. The van der Waals surface area contributed by atoms with Crippen molar-refractivity contribution in [3.63, 3.8) is 0 Å². The van der Waals surface area contributed by atoms with Crippen LogP contribution in [0.2, 0.25) is 0 Å². The largest absolute Gasteiger partial charge is 0.419 e. The van der Waals surface area contributed by atoms with Gasteiger partial charge in [0.05, 0.1) is 4.90 Å². The van der Waals surface area contributed by atoms with Crippen molar-refractivity contribution in [2.75, 3.05) is 25.0 Å². The Bertz CT molecular complexity index is 1210. The molecule has 8 heteroatoms. The molecule has 1 aliphatic heterocycles. The summed E-state index contributed by atoms with van der Waals surface area (Å²) in [6, 6.07) is 18.5. The molecule has 2 heterocycles. The third-order valence-corrected chi connectivity index (χ3v) is 7.56. The highest BCUT2D eigenvalue weighted by Crippen LogP contribution is 2.30. The number of piperidine rings is 1. The van der Waals surface area contributed by atoms with Crippen molar-refractivity contribution in [3.05, 3.63) is 65.9 Å². The lowest BCUT2D eigenvalue weighted by atomic mass is 10.0. The predicted molar refractivity (Wildman–Crippen MR) is 122 cm³/mol. The van der Waals surface area contributed by atoms with E-state index in [0.29, 0.717) is 37.0 Å². The second-order valence-electron chi connectivity index (χ2n) is 8.26. The fourth-order valence-corrected chi connectivity index (χ4v) is 5.58. The molecule has 1 saturated heterocycles. The van der Waals surface area contributed by atoms with Gasteiger partial charge in [-0.2, -0.15) is 14.6 Å². The normalized spacial score (nSPS) is 17.1. The molecule has 1 aromatic heterocycles. The van der Waals surface area contributed by atoms with Gasteiger partial charge in [0.2, 0.25) is 27.5 Å². The van der Waals surface area contributed by atoms with Crippen molar-refractivity contribution in [3.8, 4) is 17.5 Å². The van der Waals surface area contributed by atoms with Gasteiger partial charge >= 0.3 is 0 Å². The van der Waals surface area contributed by atoms with E-state index in [1.807, 2.05) is 42.3 Å². The van der Waals surface area contributed by atoms with Crippen molar-refractivity contribution in [2.24, 2.45) is 5.92 Å². The number of benzene rings is 2. The molecule has 0 bridgehead atoms. The van der Waals surface area contributed by atoms with Crippen LogP contribution in [-0.2, 0) is 16.6 Å². The fourth-order valence-electron chi connectivity index (χ4n) is 3.98. The van der Waals surface area contributed by atoms with Crippen LogP contribution in [0.4, 0.5) is 5.88 Å². The molecule has 0 aliphatic carbocycles. The van der Waals surface area contributed by atoms with Crippen molar-refractivity contribution in [1.82, 2.24) is 9.29 Å². The van der Waals surface area contributed by atoms with Crippen molar-refractivity contribution >= 4 is 15.9 Å². The number of sulfonamides is 1. The highest BCUT2D eigenvalue weighted by Gasteiger charge is 2.28. The molecular formula is C24H26N4O3S. The van der Waals surface area contributed by atoms with Gasteiger partial charge in [-0.3, -0.25) is 0 Å². The van der Waals surface area contributed by atoms with E-state index >= 15 is 0 Å². The Morgan fingerprint density at radius 2 is 1.91 bits per heavy atom. The van der Waals surface area contributed by atoms with Crippen LogP contribution < -0.4 is 4.90 Å². The Kier molecular flexibility index (Phi) is 6.31. The molecule has 0 spiro atoms. The highest BCUT2D eigenvalue weighted by atomic mass is 32.2. The highest BCUT2D eigenvalue weighted by molar-refractivity contribution is 7.89. The lowest BCUT2D eigenvalue weighted by molar-refractivity contribution is 0.281. The summed E-state index contributed by atoms with van der Waals surface area (Å²) in [6.45, 7) is 3.74. The Morgan fingerprint density at radius 3 is 2.56 bits per heavy atom. The minimum absolute atomic E-state index is 0.192. The van der Waals surface area contributed by atoms with Gasteiger partial charge in [-0.1, -0.05) is 37.3 Å². The van der Waals surface area contributed by atoms with Gasteiger partial charge in [-0.05, 0) is 48.6 Å². The van der Waals surface area contributed by atoms with E-state index in [1.54, 1.807) is 28.6 Å². The van der Waals surface area contributed by atoms with Crippen molar-refractivity contribution in [1.29, 1.82) is 5.26 Å². The molecule has 1 aliphatic rings. The molecular weight excluding hydrogens is 424 g/mol. The van der Waals surface area contributed by atoms with E-state index in [1.165, 1.54) is 0 Å². The maximum absolute atomic E-state index is 13.0. The second-order valence-corrected chi connectivity index (χ2v) is 10.2. The Balaban J connectivity index is 1.56. The first-order valence-corrected chi connectivity index (χ1v) is 12.1. The first-order chi connectivity index (χ1) is 15.4. The van der Waals surface area contributed by atoms with Gasteiger partial charge in [-0.15, -0.1) is 0 Å². The Hall–Kier alpha value is -3.15. The summed E-state index contributed by atoms with van der Waals surface area (Å²) in [5, 5.41) is 9.53. The fraction of sp³-hybridized carbons (Fsp3) is 0.333. The van der Waals surface area contributed by atoms with Crippen LogP contribution in [0.1, 0.15) is 31.0 Å². The van der Waals surface area contributed by atoms with Gasteiger partial charge in [0.15, 0.2) is 0 Å². The van der Waals surface area contributed by atoms with E-state index in [-0.39, 0.29) is 16.5 Å². The molecule has 32 heavy (non-hydrogen) atoms. The first-order valence-electron chi connectivity index (χ1n) is 10.6. The van der Waals surface area contributed by atoms with Gasteiger partial charge in [0, 0.05) is 32.2 Å². The maximum atomic E-state index is 13.0. The summed E-state index contributed by atoms with van der Waals surface area (Å²) in [5.74, 6) is 1.03. The zero-order valence-electron chi connectivity index (χ0n) is 18.2. The third-order valence-electron chi connectivity index (χ3n) is 5.68. The molecule has 1 atom stereocenters. The number of rotatable bonds is 6. The quantitative estimate of drug-likeness (QED) is 0.557. The molecule has 166 valence electrons. The molecule has 2 aromatic carbocycles. The van der Waals surface area contributed by atoms with Gasteiger partial charge < -0.3 is 9.32 Å². The average Bonchev–Trinajstić information content (AvgIpc) is 3.25. The molecule has 0 saturated carbocycles. The van der Waals surface area contributed by atoms with Gasteiger partial charge in [0.1, 0.15) is 6.07 Å². The van der Waals surface area contributed by atoms with Crippen LogP contribution >= 0.6 is 0 Å². The number of nitriles is 1. The number of nitrogens with zero attached hydrogens (tertiary/aromatic N) is 4. The number of anilines is 1. The van der Waals surface area contributed by atoms with Gasteiger partial charge in [0.25, 0.3) is 0 Å². The van der Waals surface area contributed by atoms with E-state index in [4.69, 9.17) is 4.42 Å². The predicted octanol–water partition coefficient (Wildman–Crippen LogP) is 4.27. The van der Waals surface area contributed by atoms with Crippen LogP contribution in [-0.4, -0.2) is 37.8 Å². The zero-order chi connectivity index (χ0) is 22.7. The second kappa shape index (κ2) is 9.15. The van der Waals surface area contributed by atoms with Crippen LogP contribution in [0.3, 0.4) is 0 Å². The van der Waals surface area contributed by atoms with Gasteiger partial charge in [-0.25, -0.2) is 8.42 Å².